The number of hydrogen-bond acceptors (Lipinski definition) is 4. The quantitative estimate of drug-likeness (QED) is 0.547. The van der Waals surface area contributed by atoms with E-state index in [2.05, 4.69) is 15.2 Å². The largest absolute Gasteiger partial charge is 0.368 e. The Labute approximate surface area is 194 Å². The van der Waals surface area contributed by atoms with Crippen molar-refractivity contribution in [2.45, 2.75) is 31.8 Å². The van der Waals surface area contributed by atoms with E-state index in [4.69, 9.17) is 17.3 Å². The Balaban J connectivity index is 1.61. The molecule has 3 heterocycles. The fourth-order valence-electron chi connectivity index (χ4n) is 4.33. The lowest BCUT2D eigenvalue weighted by Gasteiger charge is -2.35. The number of carbonyl (C=O) groups is 2. The van der Waals surface area contributed by atoms with Gasteiger partial charge in [0.15, 0.2) is 11.6 Å². The second kappa shape index (κ2) is 9.84. The lowest BCUT2D eigenvalue weighted by molar-refractivity contribution is -0.118. The van der Waals surface area contributed by atoms with Crippen molar-refractivity contribution in [2.75, 3.05) is 19.6 Å². The Morgan fingerprint density at radius 2 is 1.91 bits per heavy atom. The van der Waals surface area contributed by atoms with Gasteiger partial charge in [0.1, 0.15) is 12.2 Å². The number of hydrogen-bond donors (Lipinski definition) is 2. The standard InChI is InChI=1S/C23H24ClF2N5O2/c24-16-6-7-28-22-21(16)15(12-31(22)13-20(27)32)23(33)29-11-19(30-8-2-1-3-9-30)14-4-5-17(25)18(26)10-14/h4-7,10,12,19H,1-3,8-9,11,13H2,(H2,27,32)(H,29,33). The van der Waals surface area contributed by atoms with Crippen molar-refractivity contribution in [1.29, 1.82) is 0 Å². The Bertz CT molecular complexity index is 1190. The first-order valence-electron chi connectivity index (χ1n) is 10.7. The van der Waals surface area contributed by atoms with Crippen molar-refractivity contribution in [3.8, 4) is 0 Å². The minimum absolute atomic E-state index is 0.150. The number of likely N-dealkylation sites (tertiary alicyclic amines) is 1. The van der Waals surface area contributed by atoms with E-state index in [1.165, 1.54) is 23.0 Å². The van der Waals surface area contributed by atoms with E-state index in [1.54, 1.807) is 12.1 Å². The van der Waals surface area contributed by atoms with Crippen LogP contribution in [0.2, 0.25) is 5.02 Å². The van der Waals surface area contributed by atoms with E-state index in [1.807, 2.05) is 0 Å². The van der Waals surface area contributed by atoms with Crippen molar-refractivity contribution in [2.24, 2.45) is 5.73 Å². The molecule has 10 heteroatoms. The lowest BCUT2D eigenvalue weighted by atomic mass is 10.0. The van der Waals surface area contributed by atoms with Gasteiger partial charge in [-0.15, -0.1) is 0 Å². The molecule has 174 valence electrons. The Kier molecular flexibility index (Phi) is 6.90. The molecule has 4 rings (SSSR count). The van der Waals surface area contributed by atoms with Gasteiger partial charge in [0.05, 0.1) is 22.0 Å². The average Bonchev–Trinajstić information content (AvgIpc) is 3.16. The van der Waals surface area contributed by atoms with Gasteiger partial charge in [-0.2, -0.15) is 0 Å². The molecule has 2 amide bonds. The number of benzene rings is 1. The van der Waals surface area contributed by atoms with Crippen LogP contribution >= 0.6 is 11.6 Å². The number of piperidine rings is 1. The summed E-state index contributed by atoms with van der Waals surface area (Å²) in [6.45, 7) is 1.63. The third-order valence-electron chi connectivity index (χ3n) is 5.89. The van der Waals surface area contributed by atoms with Gasteiger partial charge >= 0.3 is 0 Å². The van der Waals surface area contributed by atoms with Crippen molar-refractivity contribution in [3.05, 3.63) is 64.4 Å². The first kappa shape index (κ1) is 23.1. The number of amides is 2. The zero-order valence-corrected chi connectivity index (χ0v) is 18.6. The van der Waals surface area contributed by atoms with E-state index in [0.29, 0.717) is 21.6 Å². The Morgan fingerprint density at radius 1 is 1.15 bits per heavy atom. The number of nitrogens with zero attached hydrogens (tertiary/aromatic N) is 3. The maximum absolute atomic E-state index is 14.0. The summed E-state index contributed by atoms with van der Waals surface area (Å²) in [4.78, 5) is 31.0. The fourth-order valence-corrected chi connectivity index (χ4v) is 4.57. The Morgan fingerprint density at radius 3 is 2.61 bits per heavy atom. The van der Waals surface area contributed by atoms with Gasteiger partial charge in [-0.3, -0.25) is 14.5 Å². The van der Waals surface area contributed by atoms with Gasteiger partial charge in [-0.1, -0.05) is 24.1 Å². The van der Waals surface area contributed by atoms with Crippen LogP contribution in [0.15, 0.2) is 36.7 Å². The molecule has 7 nitrogen and oxygen atoms in total. The first-order valence-corrected chi connectivity index (χ1v) is 11.1. The molecule has 0 bridgehead atoms. The summed E-state index contributed by atoms with van der Waals surface area (Å²) in [6, 6.07) is 5.07. The number of pyridine rings is 1. The molecule has 2 aromatic heterocycles. The van der Waals surface area contributed by atoms with E-state index in [-0.39, 0.29) is 24.7 Å². The highest BCUT2D eigenvalue weighted by Crippen LogP contribution is 2.29. The maximum atomic E-state index is 14.0. The normalized spacial score (nSPS) is 15.5. The number of rotatable bonds is 7. The van der Waals surface area contributed by atoms with Crippen LogP contribution in [-0.2, 0) is 11.3 Å². The summed E-state index contributed by atoms with van der Waals surface area (Å²) in [6.07, 6.45) is 6.08. The number of fused-ring (bicyclic) bond motifs is 1. The molecule has 1 unspecified atom stereocenters. The third kappa shape index (κ3) is 4.99. The highest BCUT2D eigenvalue weighted by molar-refractivity contribution is 6.36. The van der Waals surface area contributed by atoms with Crippen LogP contribution in [0.25, 0.3) is 11.0 Å². The zero-order chi connectivity index (χ0) is 23.5. The number of halogens is 3. The Hall–Kier alpha value is -3.04. The number of nitrogens with one attached hydrogen (secondary N) is 1. The highest BCUT2D eigenvalue weighted by atomic mass is 35.5. The summed E-state index contributed by atoms with van der Waals surface area (Å²) in [5.41, 5.74) is 6.54. The summed E-state index contributed by atoms with van der Waals surface area (Å²) >= 11 is 6.33. The van der Waals surface area contributed by atoms with Crippen molar-refractivity contribution < 1.29 is 18.4 Å². The van der Waals surface area contributed by atoms with Gasteiger partial charge in [0.25, 0.3) is 5.91 Å². The number of nitrogens with two attached hydrogens (primary N) is 1. The molecule has 0 aliphatic carbocycles. The van der Waals surface area contributed by atoms with E-state index < -0.39 is 23.4 Å². The third-order valence-corrected chi connectivity index (χ3v) is 6.21. The van der Waals surface area contributed by atoms with Crippen LogP contribution in [0, 0.1) is 11.6 Å². The second-order valence-electron chi connectivity index (χ2n) is 8.12. The molecule has 0 saturated carbocycles. The van der Waals surface area contributed by atoms with Crippen molar-refractivity contribution >= 4 is 34.4 Å². The monoisotopic (exact) mass is 475 g/mol. The van der Waals surface area contributed by atoms with Crippen molar-refractivity contribution in [1.82, 2.24) is 19.8 Å². The molecule has 33 heavy (non-hydrogen) atoms. The number of primary amides is 1. The summed E-state index contributed by atoms with van der Waals surface area (Å²) < 4.78 is 28.9. The molecule has 0 radical (unpaired) electrons. The second-order valence-corrected chi connectivity index (χ2v) is 8.53. The smallest absolute Gasteiger partial charge is 0.253 e. The molecule has 1 atom stereocenters. The van der Waals surface area contributed by atoms with Crippen LogP contribution in [0.1, 0.15) is 41.2 Å². The number of aromatic nitrogens is 2. The minimum Gasteiger partial charge on any atom is -0.368 e. The van der Waals surface area contributed by atoms with Crippen LogP contribution < -0.4 is 11.1 Å². The van der Waals surface area contributed by atoms with Crippen LogP contribution in [-0.4, -0.2) is 45.9 Å². The molecular weight excluding hydrogens is 452 g/mol. The van der Waals surface area contributed by atoms with Gasteiger partial charge in [0, 0.05) is 18.9 Å². The predicted octanol–water partition coefficient (Wildman–Crippen LogP) is 3.41. The molecular formula is C23H24ClF2N5O2. The summed E-state index contributed by atoms with van der Waals surface area (Å²) in [5, 5.41) is 3.64. The van der Waals surface area contributed by atoms with Gasteiger partial charge in [-0.25, -0.2) is 13.8 Å². The molecule has 1 aliphatic heterocycles. The molecule has 1 aliphatic rings. The zero-order valence-electron chi connectivity index (χ0n) is 17.9. The minimum atomic E-state index is -0.923. The summed E-state index contributed by atoms with van der Waals surface area (Å²) in [5.74, 6) is -2.83. The lowest BCUT2D eigenvalue weighted by Crippen LogP contribution is -2.40. The number of carbonyl (C=O) groups excluding carboxylic acids is 2. The van der Waals surface area contributed by atoms with E-state index >= 15 is 0 Å². The predicted molar refractivity (Wildman–Crippen MR) is 121 cm³/mol. The molecule has 3 aromatic rings. The van der Waals surface area contributed by atoms with Gasteiger partial charge in [-0.05, 0) is 49.7 Å². The topological polar surface area (TPSA) is 93.2 Å². The summed E-state index contributed by atoms with van der Waals surface area (Å²) in [7, 11) is 0. The van der Waals surface area contributed by atoms with Crippen molar-refractivity contribution in [3.63, 3.8) is 0 Å². The fraction of sp³-hybridized carbons (Fsp3) is 0.348. The van der Waals surface area contributed by atoms with Crippen LogP contribution in [0.5, 0.6) is 0 Å². The maximum Gasteiger partial charge on any atom is 0.253 e. The molecule has 3 N–H and O–H groups in total. The average molecular weight is 476 g/mol. The molecule has 1 saturated heterocycles. The van der Waals surface area contributed by atoms with E-state index in [0.717, 1.165) is 38.4 Å². The van der Waals surface area contributed by atoms with E-state index in [9.17, 15) is 18.4 Å². The van der Waals surface area contributed by atoms with Gasteiger partial charge in [0.2, 0.25) is 5.91 Å². The molecule has 1 fully saturated rings. The highest BCUT2D eigenvalue weighted by Gasteiger charge is 2.25. The van der Waals surface area contributed by atoms with Crippen LogP contribution in [0.4, 0.5) is 8.78 Å². The first-order chi connectivity index (χ1) is 15.8. The van der Waals surface area contributed by atoms with Crippen LogP contribution in [0.3, 0.4) is 0 Å². The molecule has 1 aromatic carbocycles. The molecule has 0 spiro atoms. The van der Waals surface area contributed by atoms with Gasteiger partial charge < -0.3 is 15.6 Å². The SMILES string of the molecule is NC(=O)Cn1cc(C(=O)NCC(c2ccc(F)c(F)c2)N2CCCCC2)c2c(Cl)ccnc21.